The van der Waals surface area contributed by atoms with Crippen LogP contribution in [0.1, 0.15) is 7.43 Å². The Morgan fingerprint density at radius 3 is 1.67 bits per heavy atom. The molecule has 5 N–H and O–H groups in total. The molecule has 0 saturated carbocycles. The lowest BCUT2D eigenvalue weighted by atomic mass is 10.3. The average Bonchev–Trinajstić information content (AvgIpc) is 1.69. The van der Waals surface area contributed by atoms with Gasteiger partial charge in [0, 0.05) is 5.69 Å². The van der Waals surface area contributed by atoms with Gasteiger partial charge in [0.1, 0.15) is 0 Å². The molecule has 0 spiro atoms. The van der Waals surface area contributed by atoms with Gasteiger partial charge in [0.05, 0.1) is 0 Å². The monoisotopic (exact) mass is 126 g/mol. The summed E-state index contributed by atoms with van der Waals surface area (Å²) in [6.07, 6.45) is 0. The molecule has 0 aliphatic heterocycles. The first-order chi connectivity index (χ1) is 3.39. The molecule has 0 aliphatic carbocycles. The molecule has 0 heterocycles. The molecule has 1 aromatic carbocycles. The Morgan fingerprint density at radius 2 is 1.44 bits per heavy atom. The average molecular weight is 126 g/mol. The van der Waals surface area contributed by atoms with E-state index in [0.29, 0.717) is 0 Å². The van der Waals surface area contributed by atoms with Crippen LogP contribution in [-0.2, 0) is 0 Å². The van der Waals surface area contributed by atoms with Crippen LogP contribution < -0.4 is 11.9 Å². The van der Waals surface area contributed by atoms with E-state index in [1.54, 1.807) is 0 Å². The minimum Gasteiger partial charge on any atom is -0.399 e. The lowest BCUT2D eigenvalue weighted by molar-refractivity contribution is 1.69. The molecule has 52 valence electrons. The molecule has 0 aromatic heterocycles. The summed E-state index contributed by atoms with van der Waals surface area (Å²) in [5, 5.41) is 0. The Morgan fingerprint density at radius 1 is 1.00 bits per heavy atom. The number of rotatable bonds is 0. The van der Waals surface area contributed by atoms with Crippen molar-refractivity contribution < 1.29 is 0 Å². The first kappa shape index (κ1) is 10.9. The van der Waals surface area contributed by atoms with Crippen LogP contribution in [0.2, 0.25) is 0 Å². The van der Waals surface area contributed by atoms with Gasteiger partial charge in [-0.05, 0) is 12.1 Å². The van der Waals surface area contributed by atoms with Crippen LogP contribution in [0.4, 0.5) is 5.69 Å². The smallest absolute Gasteiger partial charge is 0.0313 e. The summed E-state index contributed by atoms with van der Waals surface area (Å²) >= 11 is 0. The third-order valence-electron chi connectivity index (χ3n) is 0.800. The zero-order valence-electron chi connectivity index (χ0n) is 4.67. The van der Waals surface area contributed by atoms with E-state index < -0.39 is 0 Å². The molecule has 9 heavy (non-hydrogen) atoms. The lowest BCUT2D eigenvalue weighted by Crippen LogP contribution is -1.79. The quantitative estimate of drug-likeness (QED) is 0.523. The van der Waals surface area contributed by atoms with Crippen LogP contribution in [0.3, 0.4) is 0 Å². The van der Waals surface area contributed by atoms with E-state index in [0.717, 1.165) is 5.69 Å². The van der Waals surface area contributed by atoms with Crippen molar-refractivity contribution in [1.82, 2.24) is 6.15 Å². The van der Waals surface area contributed by atoms with E-state index in [2.05, 4.69) is 0 Å². The minimum absolute atomic E-state index is 0. The summed E-state index contributed by atoms with van der Waals surface area (Å²) < 4.78 is 0. The molecule has 0 saturated heterocycles. The Balaban J connectivity index is 0. The van der Waals surface area contributed by atoms with Crippen molar-refractivity contribution in [1.29, 1.82) is 0 Å². The summed E-state index contributed by atoms with van der Waals surface area (Å²) in [4.78, 5) is 0. The maximum atomic E-state index is 5.36. The van der Waals surface area contributed by atoms with Gasteiger partial charge in [0.25, 0.3) is 0 Å². The van der Waals surface area contributed by atoms with Crippen LogP contribution in [-0.4, -0.2) is 0 Å². The van der Waals surface area contributed by atoms with Gasteiger partial charge in [-0.2, -0.15) is 0 Å². The fraction of sp³-hybridized carbons (Fsp3) is 0.143. The van der Waals surface area contributed by atoms with Gasteiger partial charge in [-0.3, -0.25) is 0 Å². The summed E-state index contributed by atoms with van der Waals surface area (Å²) in [6, 6.07) is 9.49. The molecule has 0 fully saturated rings. The van der Waals surface area contributed by atoms with Gasteiger partial charge in [0.2, 0.25) is 0 Å². The largest absolute Gasteiger partial charge is 0.399 e. The van der Waals surface area contributed by atoms with Crippen molar-refractivity contribution >= 4 is 5.69 Å². The topological polar surface area (TPSA) is 61.0 Å². The van der Waals surface area contributed by atoms with Crippen molar-refractivity contribution in [3.05, 3.63) is 30.3 Å². The molecular formula is C7H14N2. The van der Waals surface area contributed by atoms with E-state index in [1.165, 1.54) is 0 Å². The first-order valence-corrected chi connectivity index (χ1v) is 2.20. The Bertz CT molecular complexity index is 137. The third kappa shape index (κ3) is 3.55. The van der Waals surface area contributed by atoms with E-state index in [9.17, 15) is 0 Å². The number of hydrogen-bond donors (Lipinski definition) is 2. The molecule has 0 amide bonds. The molecule has 2 nitrogen and oxygen atoms in total. The summed E-state index contributed by atoms with van der Waals surface area (Å²) in [7, 11) is 0. The molecule has 1 aromatic rings. The van der Waals surface area contributed by atoms with Crippen molar-refractivity contribution in [2.45, 2.75) is 7.43 Å². The number of nitrogen functional groups attached to an aromatic ring is 1. The minimum atomic E-state index is 0. The van der Waals surface area contributed by atoms with Crippen LogP contribution in [0, 0.1) is 0 Å². The predicted octanol–water partition coefficient (Wildman–Crippen LogP) is 2.07. The van der Waals surface area contributed by atoms with Crippen molar-refractivity contribution in [3.8, 4) is 0 Å². The summed E-state index contributed by atoms with van der Waals surface area (Å²) in [6.45, 7) is 0. The Labute approximate surface area is 56.3 Å². The van der Waals surface area contributed by atoms with E-state index >= 15 is 0 Å². The molecule has 0 atom stereocenters. The highest BCUT2D eigenvalue weighted by Crippen LogP contribution is 1.95. The fourth-order valence-electron chi connectivity index (χ4n) is 0.453. The molecule has 2 heteroatoms. The maximum Gasteiger partial charge on any atom is 0.0313 e. The standard InChI is InChI=1S/C6H7N.CH4.H3N/c7-6-4-2-1-3-5-6;;/h1-5H,7H2;1H4;1H3. The third-order valence-corrected chi connectivity index (χ3v) is 0.800. The second kappa shape index (κ2) is 5.12. The van der Waals surface area contributed by atoms with Crippen molar-refractivity contribution in [2.24, 2.45) is 0 Å². The summed E-state index contributed by atoms with van der Waals surface area (Å²) in [5.41, 5.74) is 6.18. The highest BCUT2D eigenvalue weighted by Gasteiger charge is 1.72. The number of hydrogen-bond acceptors (Lipinski definition) is 2. The fourth-order valence-corrected chi connectivity index (χ4v) is 0.453. The highest BCUT2D eigenvalue weighted by molar-refractivity contribution is 5.35. The van der Waals surface area contributed by atoms with Gasteiger partial charge in [-0.15, -0.1) is 0 Å². The zero-order chi connectivity index (χ0) is 5.11. The SMILES string of the molecule is C.N.Nc1ccccc1. The zero-order valence-corrected chi connectivity index (χ0v) is 4.67. The van der Waals surface area contributed by atoms with Crippen LogP contribution in [0.25, 0.3) is 0 Å². The van der Waals surface area contributed by atoms with E-state index in [-0.39, 0.29) is 13.6 Å². The van der Waals surface area contributed by atoms with Crippen molar-refractivity contribution in [3.63, 3.8) is 0 Å². The second-order valence-corrected chi connectivity index (χ2v) is 1.41. The van der Waals surface area contributed by atoms with Gasteiger partial charge in [-0.25, -0.2) is 0 Å². The predicted molar refractivity (Wildman–Crippen MR) is 42.6 cm³/mol. The second-order valence-electron chi connectivity index (χ2n) is 1.41. The van der Waals surface area contributed by atoms with Crippen LogP contribution >= 0.6 is 0 Å². The normalized spacial score (nSPS) is 6.67. The maximum absolute atomic E-state index is 5.36. The molecular weight excluding hydrogens is 112 g/mol. The lowest BCUT2D eigenvalue weighted by Gasteiger charge is -1.83. The Hall–Kier alpha value is -1.02. The number of anilines is 1. The van der Waals surface area contributed by atoms with Crippen LogP contribution in [0.15, 0.2) is 30.3 Å². The summed E-state index contributed by atoms with van der Waals surface area (Å²) in [5.74, 6) is 0. The molecule has 0 radical (unpaired) electrons. The highest BCUT2D eigenvalue weighted by atomic mass is 14.5. The first-order valence-electron chi connectivity index (χ1n) is 2.20. The number of para-hydroxylation sites is 1. The van der Waals surface area contributed by atoms with Crippen LogP contribution in [0.5, 0.6) is 0 Å². The molecule has 1 rings (SSSR count). The molecule has 0 aliphatic rings. The van der Waals surface area contributed by atoms with E-state index in [4.69, 9.17) is 5.73 Å². The molecule has 0 unspecified atom stereocenters. The van der Waals surface area contributed by atoms with Gasteiger partial charge in [-0.1, -0.05) is 25.6 Å². The van der Waals surface area contributed by atoms with Gasteiger partial charge < -0.3 is 11.9 Å². The van der Waals surface area contributed by atoms with Gasteiger partial charge in [0.15, 0.2) is 0 Å². The number of benzene rings is 1. The van der Waals surface area contributed by atoms with Gasteiger partial charge >= 0.3 is 0 Å². The number of nitrogens with two attached hydrogens (primary N) is 1. The van der Waals surface area contributed by atoms with Crippen molar-refractivity contribution in [2.75, 3.05) is 5.73 Å². The Kier molecular flexibility index (Phi) is 6.19. The van der Waals surface area contributed by atoms with E-state index in [1.807, 2.05) is 30.3 Å². The molecule has 0 bridgehead atoms.